The summed E-state index contributed by atoms with van der Waals surface area (Å²) >= 11 is 0. The van der Waals surface area contributed by atoms with Gasteiger partial charge in [0.05, 0.1) is 7.11 Å². The lowest BCUT2D eigenvalue weighted by molar-refractivity contribution is -0.0123. The monoisotopic (exact) mass is 212 g/mol. The van der Waals surface area contributed by atoms with E-state index in [2.05, 4.69) is 4.74 Å². The Morgan fingerprint density at radius 3 is 2.60 bits per heavy atom. The van der Waals surface area contributed by atoms with E-state index < -0.39 is 11.6 Å². The minimum atomic E-state index is -1.08. The van der Waals surface area contributed by atoms with Crippen LogP contribution in [0.2, 0.25) is 0 Å². The Balaban J connectivity index is 2.98. The van der Waals surface area contributed by atoms with Crippen molar-refractivity contribution >= 4 is 5.97 Å². The van der Waals surface area contributed by atoms with Crippen LogP contribution in [0.3, 0.4) is 0 Å². The van der Waals surface area contributed by atoms with E-state index in [1.54, 1.807) is 13.0 Å². The number of carbonyl (C=O) groups is 1. The molecule has 0 amide bonds. The standard InChI is InChI=1S/C11H16O4/c1-7(2)11(3,13)9-6-5-8(15-9)10(12)14-4/h5-7,13H,1-4H3. The van der Waals surface area contributed by atoms with Crippen LogP contribution in [-0.2, 0) is 10.3 Å². The molecule has 0 aliphatic rings. The van der Waals surface area contributed by atoms with Gasteiger partial charge in [-0.3, -0.25) is 0 Å². The maximum atomic E-state index is 11.1. The van der Waals surface area contributed by atoms with E-state index in [0.29, 0.717) is 5.76 Å². The summed E-state index contributed by atoms with van der Waals surface area (Å²) in [5, 5.41) is 10.1. The van der Waals surface area contributed by atoms with Crippen LogP contribution in [0, 0.1) is 5.92 Å². The minimum absolute atomic E-state index is 0.00542. The molecule has 0 aliphatic carbocycles. The zero-order chi connectivity index (χ0) is 11.6. The molecule has 0 radical (unpaired) electrons. The van der Waals surface area contributed by atoms with Gasteiger partial charge in [-0.15, -0.1) is 0 Å². The smallest absolute Gasteiger partial charge is 0.373 e. The van der Waals surface area contributed by atoms with Gasteiger partial charge in [-0.2, -0.15) is 0 Å². The highest BCUT2D eigenvalue weighted by Crippen LogP contribution is 2.30. The molecule has 0 spiro atoms. The van der Waals surface area contributed by atoms with Crippen LogP contribution < -0.4 is 0 Å². The zero-order valence-electron chi connectivity index (χ0n) is 9.40. The largest absolute Gasteiger partial charge is 0.463 e. The van der Waals surface area contributed by atoms with E-state index in [-0.39, 0.29) is 11.7 Å². The highest BCUT2D eigenvalue weighted by molar-refractivity contribution is 5.86. The summed E-state index contributed by atoms with van der Waals surface area (Å²) in [5.74, 6) is -0.0683. The van der Waals surface area contributed by atoms with E-state index in [4.69, 9.17) is 4.42 Å². The quantitative estimate of drug-likeness (QED) is 0.778. The van der Waals surface area contributed by atoms with Gasteiger partial charge < -0.3 is 14.3 Å². The molecule has 0 aliphatic heterocycles. The molecular formula is C11H16O4. The van der Waals surface area contributed by atoms with Crippen LogP contribution in [0.4, 0.5) is 0 Å². The van der Waals surface area contributed by atoms with Crippen molar-refractivity contribution in [3.63, 3.8) is 0 Å². The Labute approximate surface area is 88.8 Å². The van der Waals surface area contributed by atoms with Crippen molar-refractivity contribution in [2.75, 3.05) is 7.11 Å². The topological polar surface area (TPSA) is 59.7 Å². The van der Waals surface area contributed by atoms with E-state index in [1.165, 1.54) is 13.2 Å². The van der Waals surface area contributed by atoms with Crippen LogP contribution in [0.25, 0.3) is 0 Å². The summed E-state index contributed by atoms with van der Waals surface area (Å²) < 4.78 is 9.75. The highest BCUT2D eigenvalue weighted by Gasteiger charge is 2.31. The number of methoxy groups -OCH3 is 1. The summed E-state index contributed by atoms with van der Waals surface area (Å²) in [6.07, 6.45) is 0. The molecule has 0 fully saturated rings. The van der Waals surface area contributed by atoms with Crippen molar-refractivity contribution in [2.24, 2.45) is 5.92 Å². The molecule has 1 aromatic heterocycles. The van der Waals surface area contributed by atoms with Crippen molar-refractivity contribution in [2.45, 2.75) is 26.4 Å². The van der Waals surface area contributed by atoms with Crippen LogP contribution >= 0.6 is 0 Å². The molecule has 1 N–H and O–H groups in total. The molecule has 0 aromatic carbocycles. The first-order chi connectivity index (χ1) is 6.89. The number of ether oxygens (including phenoxy) is 1. The Bertz CT molecular complexity index is 349. The lowest BCUT2D eigenvalue weighted by atomic mass is 9.90. The van der Waals surface area contributed by atoms with E-state index in [1.807, 2.05) is 13.8 Å². The number of hydrogen-bond donors (Lipinski definition) is 1. The third kappa shape index (κ3) is 2.21. The highest BCUT2D eigenvalue weighted by atomic mass is 16.5. The molecule has 1 atom stereocenters. The molecule has 4 heteroatoms. The van der Waals surface area contributed by atoms with Gasteiger partial charge in [0, 0.05) is 0 Å². The summed E-state index contributed by atoms with van der Waals surface area (Å²) in [6, 6.07) is 3.09. The Kier molecular flexibility index (Phi) is 3.19. The third-order valence-electron chi connectivity index (χ3n) is 2.62. The first-order valence-corrected chi connectivity index (χ1v) is 4.80. The van der Waals surface area contributed by atoms with Crippen LogP contribution in [-0.4, -0.2) is 18.2 Å². The van der Waals surface area contributed by atoms with E-state index in [0.717, 1.165) is 0 Å². The second-order valence-electron chi connectivity index (χ2n) is 3.96. The van der Waals surface area contributed by atoms with Crippen LogP contribution in [0.1, 0.15) is 37.1 Å². The van der Waals surface area contributed by atoms with Crippen molar-refractivity contribution in [3.05, 3.63) is 23.7 Å². The van der Waals surface area contributed by atoms with Crippen LogP contribution in [0.5, 0.6) is 0 Å². The molecule has 1 aromatic rings. The van der Waals surface area contributed by atoms with Gasteiger partial charge in [0.2, 0.25) is 5.76 Å². The fourth-order valence-corrected chi connectivity index (χ4v) is 1.10. The second kappa shape index (κ2) is 4.06. The zero-order valence-corrected chi connectivity index (χ0v) is 9.40. The second-order valence-corrected chi connectivity index (χ2v) is 3.96. The van der Waals surface area contributed by atoms with Gasteiger partial charge in [0.15, 0.2) is 0 Å². The lowest BCUT2D eigenvalue weighted by Gasteiger charge is -2.24. The third-order valence-corrected chi connectivity index (χ3v) is 2.62. The van der Waals surface area contributed by atoms with E-state index in [9.17, 15) is 9.90 Å². The predicted molar refractivity (Wildman–Crippen MR) is 54.5 cm³/mol. The molecule has 0 bridgehead atoms. The van der Waals surface area contributed by atoms with Gasteiger partial charge in [-0.25, -0.2) is 4.79 Å². The van der Waals surface area contributed by atoms with Gasteiger partial charge in [0.25, 0.3) is 0 Å². The number of furan rings is 1. The van der Waals surface area contributed by atoms with Gasteiger partial charge in [-0.05, 0) is 25.0 Å². The lowest BCUT2D eigenvalue weighted by Crippen LogP contribution is -2.27. The number of aliphatic hydroxyl groups is 1. The Hall–Kier alpha value is -1.29. The van der Waals surface area contributed by atoms with Crippen molar-refractivity contribution in [3.8, 4) is 0 Å². The molecule has 1 rings (SSSR count). The van der Waals surface area contributed by atoms with Crippen LogP contribution in [0.15, 0.2) is 16.5 Å². The van der Waals surface area contributed by atoms with Gasteiger partial charge >= 0.3 is 5.97 Å². The molecular weight excluding hydrogens is 196 g/mol. The van der Waals surface area contributed by atoms with Crippen molar-refractivity contribution < 1.29 is 19.1 Å². The summed E-state index contributed by atoms with van der Waals surface area (Å²) in [4.78, 5) is 11.1. The summed E-state index contributed by atoms with van der Waals surface area (Å²) in [5.41, 5.74) is -1.08. The average molecular weight is 212 g/mol. The van der Waals surface area contributed by atoms with Gasteiger partial charge in [0.1, 0.15) is 11.4 Å². The summed E-state index contributed by atoms with van der Waals surface area (Å²) in [7, 11) is 1.28. The number of carbonyl (C=O) groups excluding carboxylic acids is 1. The SMILES string of the molecule is COC(=O)c1ccc(C(C)(O)C(C)C)o1. The summed E-state index contributed by atoms with van der Waals surface area (Å²) in [6.45, 7) is 5.40. The number of rotatable bonds is 3. The molecule has 1 heterocycles. The van der Waals surface area contributed by atoms with Crippen molar-refractivity contribution in [1.29, 1.82) is 0 Å². The fraction of sp³-hybridized carbons (Fsp3) is 0.545. The Morgan fingerprint density at radius 2 is 2.13 bits per heavy atom. The molecule has 15 heavy (non-hydrogen) atoms. The molecule has 0 saturated heterocycles. The first kappa shape index (κ1) is 11.8. The minimum Gasteiger partial charge on any atom is -0.463 e. The van der Waals surface area contributed by atoms with Crippen molar-refractivity contribution in [1.82, 2.24) is 0 Å². The normalized spacial score (nSPS) is 15.1. The maximum absolute atomic E-state index is 11.1. The predicted octanol–water partition coefficient (Wildman–Crippen LogP) is 1.93. The first-order valence-electron chi connectivity index (χ1n) is 4.80. The molecule has 0 saturated carbocycles. The molecule has 84 valence electrons. The van der Waals surface area contributed by atoms with E-state index >= 15 is 0 Å². The fourth-order valence-electron chi connectivity index (χ4n) is 1.10. The maximum Gasteiger partial charge on any atom is 0.373 e. The van der Waals surface area contributed by atoms with Gasteiger partial charge in [-0.1, -0.05) is 13.8 Å². The number of esters is 1. The molecule has 4 nitrogen and oxygen atoms in total. The Morgan fingerprint density at radius 1 is 1.53 bits per heavy atom. The average Bonchev–Trinajstić information content (AvgIpc) is 2.65. The molecule has 1 unspecified atom stereocenters. The number of hydrogen-bond acceptors (Lipinski definition) is 4.